The Balaban J connectivity index is 1.96. The lowest BCUT2D eigenvalue weighted by atomic mass is 10.1. The number of aromatic amines is 1. The molecule has 0 radical (unpaired) electrons. The van der Waals surface area contributed by atoms with E-state index in [1.54, 1.807) is 26.0 Å². The third-order valence-electron chi connectivity index (χ3n) is 3.97. The number of rotatable bonds is 6. The van der Waals surface area contributed by atoms with Crippen LogP contribution in [0, 0.1) is 13.8 Å². The van der Waals surface area contributed by atoms with Crippen molar-refractivity contribution in [3.8, 4) is 5.75 Å². The Morgan fingerprint density at radius 1 is 1.00 bits per heavy atom. The van der Waals surface area contributed by atoms with Crippen LogP contribution in [0.15, 0.2) is 24.3 Å². The summed E-state index contributed by atoms with van der Waals surface area (Å²) in [5, 5.41) is 2.12. The molecule has 0 atom stereocenters. The van der Waals surface area contributed by atoms with Crippen LogP contribution in [0.1, 0.15) is 42.5 Å². The number of ether oxygens (including phenoxy) is 3. The number of benzene rings is 1. The van der Waals surface area contributed by atoms with E-state index in [0.29, 0.717) is 17.0 Å². The average molecular weight is 388 g/mol. The van der Waals surface area contributed by atoms with Gasteiger partial charge in [-0.15, -0.1) is 0 Å². The molecular formula is C19H20N2O7. The molecule has 0 spiro atoms. The second-order valence-corrected chi connectivity index (χ2v) is 5.80. The number of imide groups is 1. The van der Waals surface area contributed by atoms with Crippen LogP contribution in [0.25, 0.3) is 0 Å². The molecule has 0 saturated carbocycles. The largest absolute Gasteiger partial charge is 0.497 e. The lowest BCUT2D eigenvalue weighted by molar-refractivity contribution is -0.123. The van der Waals surface area contributed by atoms with Crippen molar-refractivity contribution in [1.82, 2.24) is 10.3 Å². The van der Waals surface area contributed by atoms with E-state index in [2.05, 4.69) is 15.0 Å². The van der Waals surface area contributed by atoms with E-state index >= 15 is 0 Å². The number of carbonyl (C=O) groups is 4. The van der Waals surface area contributed by atoms with Gasteiger partial charge in [0.2, 0.25) is 0 Å². The van der Waals surface area contributed by atoms with E-state index in [1.165, 1.54) is 26.4 Å². The van der Waals surface area contributed by atoms with Crippen molar-refractivity contribution >= 4 is 23.8 Å². The Hall–Kier alpha value is -3.62. The number of hydrogen-bond acceptors (Lipinski definition) is 7. The molecule has 9 nitrogen and oxygen atoms in total. The first-order valence-corrected chi connectivity index (χ1v) is 8.21. The maximum Gasteiger partial charge on any atom is 0.355 e. The Bertz CT molecular complexity index is 913. The summed E-state index contributed by atoms with van der Waals surface area (Å²) in [6, 6.07) is 6.14. The van der Waals surface area contributed by atoms with Gasteiger partial charge in [0.1, 0.15) is 11.4 Å². The monoisotopic (exact) mass is 388 g/mol. The highest BCUT2D eigenvalue weighted by Gasteiger charge is 2.24. The molecule has 0 unspecified atom stereocenters. The lowest BCUT2D eigenvalue weighted by Gasteiger charge is -2.06. The van der Waals surface area contributed by atoms with Gasteiger partial charge in [-0.2, -0.15) is 0 Å². The summed E-state index contributed by atoms with van der Waals surface area (Å²) in [6.45, 7) is 2.50. The van der Waals surface area contributed by atoms with Gasteiger partial charge in [0.05, 0.1) is 19.8 Å². The molecule has 2 aromatic rings. The molecule has 0 aliphatic heterocycles. The third kappa shape index (κ3) is 4.56. The lowest BCUT2D eigenvalue weighted by Crippen LogP contribution is -2.34. The van der Waals surface area contributed by atoms with Crippen LogP contribution in [-0.2, 0) is 14.3 Å². The highest BCUT2D eigenvalue weighted by atomic mass is 16.5. The van der Waals surface area contributed by atoms with Crippen LogP contribution in [0.4, 0.5) is 0 Å². The number of nitrogens with one attached hydrogen (secondary N) is 2. The van der Waals surface area contributed by atoms with Crippen molar-refractivity contribution in [2.75, 3.05) is 20.8 Å². The zero-order chi connectivity index (χ0) is 20.8. The Morgan fingerprint density at radius 2 is 1.64 bits per heavy atom. The van der Waals surface area contributed by atoms with Gasteiger partial charge >= 0.3 is 11.9 Å². The van der Waals surface area contributed by atoms with Crippen molar-refractivity contribution in [3.05, 3.63) is 52.3 Å². The van der Waals surface area contributed by atoms with Gasteiger partial charge in [0.25, 0.3) is 11.8 Å². The van der Waals surface area contributed by atoms with Crippen LogP contribution < -0.4 is 10.1 Å². The molecule has 28 heavy (non-hydrogen) atoms. The number of aromatic nitrogens is 1. The fourth-order valence-electron chi connectivity index (χ4n) is 2.54. The van der Waals surface area contributed by atoms with E-state index in [1.807, 2.05) is 0 Å². The molecule has 0 bridgehead atoms. The minimum Gasteiger partial charge on any atom is -0.497 e. The smallest absolute Gasteiger partial charge is 0.355 e. The van der Waals surface area contributed by atoms with Crippen molar-refractivity contribution in [2.24, 2.45) is 0 Å². The molecular weight excluding hydrogens is 368 g/mol. The Morgan fingerprint density at radius 3 is 2.21 bits per heavy atom. The fraction of sp³-hybridized carbons (Fsp3) is 0.263. The highest BCUT2D eigenvalue weighted by molar-refractivity contribution is 6.05. The van der Waals surface area contributed by atoms with Crippen molar-refractivity contribution in [3.63, 3.8) is 0 Å². The van der Waals surface area contributed by atoms with Gasteiger partial charge in [-0.05, 0) is 43.7 Å². The number of esters is 2. The Labute approximate surface area is 161 Å². The number of H-pyrrole nitrogens is 1. The predicted molar refractivity (Wildman–Crippen MR) is 97.4 cm³/mol. The first-order valence-electron chi connectivity index (χ1n) is 8.21. The van der Waals surface area contributed by atoms with Gasteiger partial charge in [0, 0.05) is 11.3 Å². The van der Waals surface area contributed by atoms with Gasteiger partial charge in [0.15, 0.2) is 6.61 Å². The normalized spacial score (nSPS) is 10.1. The van der Waals surface area contributed by atoms with Crippen molar-refractivity contribution in [1.29, 1.82) is 0 Å². The molecule has 1 heterocycles. The number of carbonyl (C=O) groups excluding carboxylic acids is 4. The number of hydrogen-bond donors (Lipinski definition) is 2. The molecule has 1 aromatic carbocycles. The van der Waals surface area contributed by atoms with E-state index in [4.69, 9.17) is 9.47 Å². The fourth-order valence-corrected chi connectivity index (χ4v) is 2.54. The number of methoxy groups -OCH3 is 2. The van der Waals surface area contributed by atoms with Crippen LogP contribution in [-0.4, -0.2) is 49.6 Å². The molecule has 148 valence electrons. The summed E-state index contributed by atoms with van der Waals surface area (Å²) in [7, 11) is 2.73. The Kier molecular flexibility index (Phi) is 6.54. The van der Waals surface area contributed by atoms with Gasteiger partial charge in [-0.1, -0.05) is 0 Å². The highest BCUT2D eigenvalue weighted by Crippen LogP contribution is 2.19. The average Bonchev–Trinajstić information content (AvgIpc) is 2.99. The van der Waals surface area contributed by atoms with E-state index in [0.717, 1.165) is 0 Å². The summed E-state index contributed by atoms with van der Waals surface area (Å²) in [6.07, 6.45) is 0. The number of amides is 2. The first-order chi connectivity index (χ1) is 13.3. The minimum absolute atomic E-state index is 0.0344. The molecule has 0 fully saturated rings. The van der Waals surface area contributed by atoms with Crippen LogP contribution >= 0.6 is 0 Å². The molecule has 0 saturated heterocycles. The maximum atomic E-state index is 12.2. The summed E-state index contributed by atoms with van der Waals surface area (Å²) >= 11 is 0. The minimum atomic E-state index is -0.831. The second kappa shape index (κ2) is 8.85. The standard InChI is InChI=1S/C19H20N2O7/c1-10-15(18(24)27-4)11(2)20-16(10)19(25)28-9-14(22)21-17(23)12-5-7-13(26-3)8-6-12/h5-8,20H,9H2,1-4H3,(H,21,22,23). The third-order valence-corrected chi connectivity index (χ3v) is 3.97. The quantitative estimate of drug-likeness (QED) is 0.719. The molecule has 9 heteroatoms. The maximum absolute atomic E-state index is 12.2. The zero-order valence-corrected chi connectivity index (χ0v) is 15.9. The van der Waals surface area contributed by atoms with Crippen LogP contribution in [0.2, 0.25) is 0 Å². The van der Waals surface area contributed by atoms with Crippen molar-refractivity contribution in [2.45, 2.75) is 13.8 Å². The van der Waals surface area contributed by atoms with E-state index in [9.17, 15) is 19.2 Å². The van der Waals surface area contributed by atoms with Gasteiger partial charge in [-0.3, -0.25) is 14.9 Å². The molecule has 1 aromatic heterocycles. The molecule has 2 N–H and O–H groups in total. The molecule has 0 aliphatic rings. The zero-order valence-electron chi connectivity index (χ0n) is 15.9. The van der Waals surface area contributed by atoms with E-state index in [-0.39, 0.29) is 16.8 Å². The predicted octanol–water partition coefficient (Wildman–Crippen LogP) is 1.54. The summed E-state index contributed by atoms with van der Waals surface area (Å²) < 4.78 is 14.6. The molecule has 2 amide bonds. The topological polar surface area (TPSA) is 124 Å². The summed E-state index contributed by atoms with van der Waals surface area (Å²) in [5.41, 5.74) is 1.30. The number of aryl methyl sites for hydroxylation is 1. The second-order valence-electron chi connectivity index (χ2n) is 5.80. The van der Waals surface area contributed by atoms with Crippen LogP contribution in [0.5, 0.6) is 5.75 Å². The summed E-state index contributed by atoms with van der Waals surface area (Å²) in [5.74, 6) is -2.28. The van der Waals surface area contributed by atoms with Crippen LogP contribution in [0.3, 0.4) is 0 Å². The molecule has 2 rings (SSSR count). The van der Waals surface area contributed by atoms with Crippen molar-refractivity contribution < 1.29 is 33.4 Å². The summed E-state index contributed by atoms with van der Waals surface area (Å²) in [4.78, 5) is 50.6. The van der Waals surface area contributed by atoms with Gasteiger partial charge in [-0.25, -0.2) is 9.59 Å². The van der Waals surface area contributed by atoms with E-state index < -0.39 is 30.4 Å². The molecule has 0 aliphatic carbocycles. The first kappa shape index (κ1) is 20.7. The SMILES string of the molecule is COC(=O)c1c(C)[nH]c(C(=O)OCC(=O)NC(=O)c2ccc(OC)cc2)c1C. The van der Waals surface area contributed by atoms with Gasteiger partial charge < -0.3 is 19.2 Å².